The molecular weight excluding hydrogens is 172 g/mol. The van der Waals surface area contributed by atoms with Gasteiger partial charge in [-0.25, -0.2) is 4.79 Å². The Bertz CT molecular complexity index is 168. The summed E-state index contributed by atoms with van der Waals surface area (Å²) in [6, 6.07) is 0.857. The first-order valence-corrected chi connectivity index (χ1v) is 5.77. The lowest BCUT2D eigenvalue weighted by Gasteiger charge is -2.12. The first-order valence-electron chi connectivity index (χ1n) is 4.01. The van der Waals surface area contributed by atoms with E-state index >= 15 is 0 Å². The minimum Gasteiger partial charge on any atom is -0.493 e. The van der Waals surface area contributed by atoms with Crippen LogP contribution in [0.1, 0.15) is 20.3 Å². The second-order valence-electron chi connectivity index (χ2n) is 2.64. The van der Waals surface area contributed by atoms with Crippen molar-refractivity contribution in [3.05, 3.63) is 12.2 Å². The molecule has 1 atom stereocenters. The van der Waals surface area contributed by atoms with Gasteiger partial charge in [0.2, 0.25) is 0 Å². The summed E-state index contributed by atoms with van der Waals surface area (Å²) in [4.78, 5) is 11.0. The predicted octanol–water partition coefficient (Wildman–Crippen LogP) is 1.38. The highest BCUT2D eigenvalue weighted by Gasteiger charge is 2.15. The van der Waals surface area contributed by atoms with Crippen molar-refractivity contribution in [1.29, 1.82) is 0 Å². The molecule has 0 saturated heterocycles. The zero-order valence-electron chi connectivity index (χ0n) is 7.92. The average Bonchev–Trinajstić information content (AvgIpc) is 2.03. The van der Waals surface area contributed by atoms with Crippen molar-refractivity contribution in [3.8, 4) is 0 Å². The van der Waals surface area contributed by atoms with E-state index in [1.807, 2.05) is 6.92 Å². The van der Waals surface area contributed by atoms with Crippen molar-refractivity contribution in [2.24, 2.45) is 0 Å². The lowest BCUT2D eigenvalue weighted by Crippen LogP contribution is -2.24. The fourth-order valence-corrected chi connectivity index (χ4v) is 2.04. The molecule has 0 rings (SSSR count). The predicted molar refractivity (Wildman–Crippen MR) is 50.2 cm³/mol. The van der Waals surface area contributed by atoms with Crippen LogP contribution in [0.15, 0.2) is 12.2 Å². The fourth-order valence-electron chi connectivity index (χ4n) is 0.681. The Morgan fingerprint density at radius 2 is 2.17 bits per heavy atom. The van der Waals surface area contributed by atoms with Crippen LogP contribution < -0.4 is 0 Å². The summed E-state index contributed by atoms with van der Waals surface area (Å²) in [5.74, 6) is -0.332. The molecule has 0 aliphatic heterocycles. The van der Waals surface area contributed by atoms with Crippen molar-refractivity contribution in [2.45, 2.75) is 26.3 Å². The molecule has 0 aliphatic rings. The highest BCUT2D eigenvalue weighted by atomic mass is 28.3. The SMILES string of the molecule is C=C(C)C(=O)O[SiH](CCC)OC. The van der Waals surface area contributed by atoms with Crippen molar-refractivity contribution >= 4 is 15.3 Å². The molecule has 1 unspecified atom stereocenters. The largest absolute Gasteiger partial charge is 0.493 e. The first-order chi connectivity index (χ1) is 5.61. The second-order valence-corrected chi connectivity index (χ2v) is 4.78. The van der Waals surface area contributed by atoms with E-state index in [0.717, 1.165) is 12.5 Å². The summed E-state index contributed by atoms with van der Waals surface area (Å²) in [6.45, 7) is 7.16. The standard InChI is InChI=1S/C8H16O3Si/c1-5-6-12(10-4)11-8(9)7(2)3/h12H,2,5-6H2,1,3-4H3. The van der Waals surface area contributed by atoms with E-state index in [4.69, 9.17) is 8.85 Å². The molecule has 0 saturated carbocycles. The monoisotopic (exact) mass is 188 g/mol. The maximum absolute atomic E-state index is 11.0. The Balaban J connectivity index is 3.85. The van der Waals surface area contributed by atoms with Gasteiger partial charge in [0, 0.05) is 12.7 Å². The normalized spacial score (nSPS) is 12.2. The molecule has 0 fully saturated rings. The van der Waals surface area contributed by atoms with E-state index in [-0.39, 0.29) is 5.97 Å². The maximum Gasteiger partial charge on any atom is 0.385 e. The Morgan fingerprint density at radius 3 is 2.50 bits per heavy atom. The smallest absolute Gasteiger partial charge is 0.385 e. The molecule has 12 heavy (non-hydrogen) atoms. The topological polar surface area (TPSA) is 35.5 Å². The molecule has 0 heterocycles. The van der Waals surface area contributed by atoms with Crippen LogP contribution in [0.25, 0.3) is 0 Å². The van der Waals surface area contributed by atoms with Gasteiger partial charge in [-0.3, -0.25) is 0 Å². The third-order valence-electron chi connectivity index (χ3n) is 1.37. The summed E-state index contributed by atoms with van der Waals surface area (Å²) in [6.07, 6.45) is 0.980. The van der Waals surface area contributed by atoms with Crippen LogP contribution in [0.4, 0.5) is 0 Å². The molecule has 0 spiro atoms. The maximum atomic E-state index is 11.0. The summed E-state index contributed by atoms with van der Waals surface area (Å²) in [7, 11) is -0.156. The molecule has 0 amide bonds. The zero-order chi connectivity index (χ0) is 9.56. The van der Waals surface area contributed by atoms with E-state index < -0.39 is 9.28 Å². The number of carbonyl (C=O) groups is 1. The number of rotatable bonds is 5. The van der Waals surface area contributed by atoms with E-state index in [1.165, 1.54) is 0 Å². The van der Waals surface area contributed by atoms with Gasteiger partial charge >= 0.3 is 15.3 Å². The first kappa shape index (κ1) is 11.4. The molecule has 0 radical (unpaired) electrons. The zero-order valence-corrected chi connectivity index (χ0v) is 9.08. The Morgan fingerprint density at radius 1 is 1.58 bits per heavy atom. The van der Waals surface area contributed by atoms with Crippen LogP contribution in [0, 0.1) is 0 Å². The van der Waals surface area contributed by atoms with Gasteiger partial charge in [0.1, 0.15) is 0 Å². The van der Waals surface area contributed by atoms with Gasteiger partial charge in [0.25, 0.3) is 0 Å². The van der Waals surface area contributed by atoms with Gasteiger partial charge in [0.05, 0.1) is 0 Å². The van der Waals surface area contributed by atoms with Crippen molar-refractivity contribution in [2.75, 3.05) is 7.11 Å². The molecule has 0 aromatic carbocycles. The van der Waals surface area contributed by atoms with Gasteiger partial charge in [-0.1, -0.05) is 19.9 Å². The van der Waals surface area contributed by atoms with Crippen LogP contribution in [0.2, 0.25) is 6.04 Å². The molecule has 70 valence electrons. The molecule has 0 aromatic heterocycles. The average molecular weight is 188 g/mol. The second kappa shape index (κ2) is 5.96. The van der Waals surface area contributed by atoms with Gasteiger partial charge in [-0.05, 0) is 13.0 Å². The van der Waals surface area contributed by atoms with Crippen molar-refractivity contribution in [3.63, 3.8) is 0 Å². The molecule has 4 heteroatoms. The molecule has 0 bridgehead atoms. The molecule has 3 nitrogen and oxygen atoms in total. The Kier molecular flexibility index (Phi) is 5.66. The van der Waals surface area contributed by atoms with Crippen molar-refractivity contribution in [1.82, 2.24) is 0 Å². The number of hydrogen-bond acceptors (Lipinski definition) is 3. The minimum absolute atomic E-state index is 0.332. The summed E-state index contributed by atoms with van der Waals surface area (Å²) >= 11 is 0. The van der Waals surface area contributed by atoms with Crippen LogP contribution in [-0.2, 0) is 13.6 Å². The number of hydrogen-bond donors (Lipinski definition) is 0. The molecule has 0 N–H and O–H groups in total. The Hall–Kier alpha value is -0.613. The van der Waals surface area contributed by atoms with Crippen LogP contribution in [-0.4, -0.2) is 22.4 Å². The highest BCUT2D eigenvalue weighted by Crippen LogP contribution is 2.02. The molecule has 0 aromatic rings. The van der Waals surface area contributed by atoms with Crippen LogP contribution in [0.3, 0.4) is 0 Å². The lowest BCUT2D eigenvalue weighted by atomic mass is 10.4. The molecule has 0 aliphatic carbocycles. The van der Waals surface area contributed by atoms with Crippen molar-refractivity contribution < 1.29 is 13.6 Å². The molecular formula is C8H16O3Si. The van der Waals surface area contributed by atoms with Gasteiger partial charge in [-0.15, -0.1) is 0 Å². The van der Waals surface area contributed by atoms with E-state index in [0.29, 0.717) is 5.57 Å². The van der Waals surface area contributed by atoms with Crippen LogP contribution in [0.5, 0.6) is 0 Å². The van der Waals surface area contributed by atoms with Gasteiger partial charge in [0.15, 0.2) is 0 Å². The Labute approximate surface area is 75.2 Å². The van der Waals surface area contributed by atoms with E-state index in [1.54, 1.807) is 14.0 Å². The van der Waals surface area contributed by atoms with E-state index in [2.05, 4.69) is 6.58 Å². The third kappa shape index (κ3) is 4.30. The van der Waals surface area contributed by atoms with Crippen LogP contribution >= 0.6 is 0 Å². The lowest BCUT2D eigenvalue weighted by molar-refractivity contribution is -0.131. The summed E-state index contributed by atoms with van der Waals surface area (Å²) in [5.41, 5.74) is 0.431. The van der Waals surface area contributed by atoms with Gasteiger partial charge < -0.3 is 8.85 Å². The summed E-state index contributed by atoms with van der Waals surface area (Å²) in [5, 5.41) is 0. The highest BCUT2D eigenvalue weighted by molar-refractivity contribution is 6.47. The van der Waals surface area contributed by atoms with Gasteiger partial charge in [-0.2, -0.15) is 0 Å². The minimum atomic E-state index is -1.74. The third-order valence-corrected chi connectivity index (χ3v) is 3.43. The quantitative estimate of drug-likeness (QED) is 0.483. The number of carbonyl (C=O) groups excluding carboxylic acids is 1. The summed E-state index contributed by atoms with van der Waals surface area (Å²) < 4.78 is 10.1. The van der Waals surface area contributed by atoms with E-state index in [9.17, 15) is 4.79 Å². The fraction of sp³-hybridized carbons (Fsp3) is 0.625.